The van der Waals surface area contributed by atoms with Crippen molar-refractivity contribution < 1.29 is 9.59 Å². The quantitative estimate of drug-likeness (QED) is 0.709. The fraction of sp³-hybridized carbons (Fsp3) is 0.579. The summed E-state index contributed by atoms with van der Waals surface area (Å²) in [5.41, 5.74) is 1.24. The van der Waals surface area contributed by atoms with Crippen LogP contribution in [0.15, 0.2) is 30.3 Å². The van der Waals surface area contributed by atoms with Crippen LogP contribution in [-0.2, 0) is 16.0 Å². The van der Waals surface area contributed by atoms with Crippen molar-refractivity contribution in [2.45, 2.75) is 25.3 Å². The molecule has 1 aliphatic heterocycles. The van der Waals surface area contributed by atoms with Crippen LogP contribution in [0.4, 0.5) is 0 Å². The number of rotatable bonds is 8. The normalized spacial score (nSPS) is 18.7. The molecule has 0 unspecified atom stereocenters. The minimum atomic E-state index is 0.0795. The topological polar surface area (TPSA) is 64.7 Å². The number of carbonyl (C=O) groups excluding carboxylic acids is 2. The van der Waals surface area contributed by atoms with Gasteiger partial charge >= 0.3 is 0 Å². The number of nitrogens with zero attached hydrogens (tertiary/aromatic N) is 2. The molecule has 1 saturated heterocycles. The summed E-state index contributed by atoms with van der Waals surface area (Å²) in [5.74, 6) is 0.213. The Balaban J connectivity index is 1.27. The highest BCUT2D eigenvalue weighted by atomic mass is 16.2. The van der Waals surface area contributed by atoms with E-state index in [1.807, 2.05) is 18.2 Å². The van der Waals surface area contributed by atoms with Gasteiger partial charge in [0.15, 0.2) is 0 Å². The lowest BCUT2D eigenvalue weighted by Gasteiger charge is -2.33. The summed E-state index contributed by atoms with van der Waals surface area (Å²) < 4.78 is 0. The van der Waals surface area contributed by atoms with Crippen molar-refractivity contribution in [2.24, 2.45) is 0 Å². The maximum atomic E-state index is 12.1. The van der Waals surface area contributed by atoms with Gasteiger partial charge in [-0.05, 0) is 24.8 Å². The summed E-state index contributed by atoms with van der Waals surface area (Å²) >= 11 is 0. The molecular weight excluding hydrogens is 316 g/mol. The van der Waals surface area contributed by atoms with Gasteiger partial charge in [0.25, 0.3) is 0 Å². The Kier molecular flexibility index (Phi) is 6.42. The fourth-order valence-corrected chi connectivity index (χ4v) is 3.06. The molecule has 1 aromatic rings. The number of hydrogen-bond acceptors (Lipinski definition) is 4. The third kappa shape index (κ3) is 6.48. The predicted octanol–water partition coefficient (Wildman–Crippen LogP) is 0.242. The Labute approximate surface area is 149 Å². The number of benzene rings is 1. The van der Waals surface area contributed by atoms with Gasteiger partial charge in [-0.15, -0.1) is 0 Å². The number of carbonyl (C=O) groups is 2. The van der Waals surface area contributed by atoms with Crippen molar-refractivity contribution in [3.63, 3.8) is 0 Å². The van der Waals surface area contributed by atoms with Crippen molar-refractivity contribution in [1.29, 1.82) is 0 Å². The lowest BCUT2D eigenvalue weighted by Crippen LogP contribution is -2.51. The zero-order valence-electron chi connectivity index (χ0n) is 14.7. The molecule has 0 atom stereocenters. The molecule has 2 amide bonds. The smallest absolute Gasteiger partial charge is 0.234 e. The van der Waals surface area contributed by atoms with E-state index in [2.05, 4.69) is 32.6 Å². The van der Waals surface area contributed by atoms with Gasteiger partial charge in [0, 0.05) is 38.8 Å². The zero-order valence-corrected chi connectivity index (χ0v) is 14.7. The van der Waals surface area contributed by atoms with Crippen molar-refractivity contribution in [2.75, 3.05) is 45.8 Å². The second-order valence-electron chi connectivity index (χ2n) is 6.98. The van der Waals surface area contributed by atoms with Crippen LogP contribution >= 0.6 is 0 Å². The van der Waals surface area contributed by atoms with E-state index in [0.717, 1.165) is 45.4 Å². The SMILES string of the molecule is O=C(CN1CCN(CC(=O)NC2CC2)CC1)NCCc1ccccc1. The summed E-state index contributed by atoms with van der Waals surface area (Å²) in [7, 11) is 0. The first-order valence-corrected chi connectivity index (χ1v) is 9.24. The summed E-state index contributed by atoms with van der Waals surface area (Å²) in [4.78, 5) is 28.2. The molecule has 0 radical (unpaired) electrons. The molecule has 25 heavy (non-hydrogen) atoms. The first-order valence-electron chi connectivity index (χ1n) is 9.24. The van der Waals surface area contributed by atoms with Crippen LogP contribution in [0.5, 0.6) is 0 Å². The van der Waals surface area contributed by atoms with Gasteiger partial charge in [0.05, 0.1) is 13.1 Å². The van der Waals surface area contributed by atoms with E-state index in [9.17, 15) is 9.59 Å². The first-order chi connectivity index (χ1) is 12.2. The van der Waals surface area contributed by atoms with Crippen LogP contribution in [0.1, 0.15) is 18.4 Å². The molecule has 136 valence electrons. The zero-order chi connectivity index (χ0) is 17.5. The van der Waals surface area contributed by atoms with Gasteiger partial charge < -0.3 is 10.6 Å². The first kappa shape index (κ1) is 17.9. The van der Waals surface area contributed by atoms with Crippen molar-refractivity contribution in [3.8, 4) is 0 Å². The molecule has 2 N–H and O–H groups in total. The lowest BCUT2D eigenvalue weighted by molar-refractivity contribution is -0.125. The number of piperazine rings is 1. The van der Waals surface area contributed by atoms with Crippen LogP contribution in [0, 0.1) is 0 Å². The maximum absolute atomic E-state index is 12.1. The average molecular weight is 344 g/mol. The van der Waals surface area contributed by atoms with Crippen LogP contribution < -0.4 is 10.6 Å². The molecule has 3 rings (SSSR count). The molecule has 0 aromatic heterocycles. The van der Waals surface area contributed by atoms with E-state index in [1.165, 1.54) is 5.56 Å². The number of amides is 2. The molecule has 0 spiro atoms. The van der Waals surface area contributed by atoms with E-state index in [1.54, 1.807) is 0 Å². The van der Waals surface area contributed by atoms with Gasteiger partial charge in [-0.3, -0.25) is 19.4 Å². The largest absolute Gasteiger partial charge is 0.355 e. The summed E-state index contributed by atoms with van der Waals surface area (Å²) in [6.45, 7) is 4.95. The van der Waals surface area contributed by atoms with E-state index in [-0.39, 0.29) is 11.8 Å². The molecule has 1 heterocycles. The summed E-state index contributed by atoms with van der Waals surface area (Å²) in [6.07, 6.45) is 3.11. The number of nitrogens with one attached hydrogen (secondary N) is 2. The van der Waals surface area contributed by atoms with Gasteiger partial charge in [-0.25, -0.2) is 0 Å². The molecule has 2 fully saturated rings. The highest BCUT2D eigenvalue weighted by molar-refractivity contribution is 5.79. The van der Waals surface area contributed by atoms with Crippen LogP contribution in [0.2, 0.25) is 0 Å². The molecule has 1 aromatic carbocycles. The minimum absolute atomic E-state index is 0.0795. The Morgan fingerprint density at radius 2 is 1.52 bits per heavy atom. The predicted molar refractivity (Wildman–Crippen MR) is 97.2 cm³/mol. The molecule has 1 aliphatic carbocycles. The summed E-state index contributed by atoms with van der Waals surface area (Å²) in [6, 6.07) is 10.6. The van der Waals surface area contributed by atoms with Crippen LogP contribution in [-0.4, -0.2) is 73.5 Å². The van der Waals surface area contributed by atoms with Crippen LogP contribution in [0.25, 0.3) is 0 Å². The molecule has 0 bridgehead atoms. The fourth-order valence-electron chi connectivity index (χ4n) is 3.06. The van der Waals surface area contributed by atoms with Crippen molar-refractivity contribution >= 4 is 11.8 Å². The van der Waals surface area contributed by atoms with E-state index in [4.69, 9.17) is 0 Å². The van der Waals surface area contributed by atoms with Gasteiger partial charge in [0.2, 0.25) is 11.8 Å². The second kappa shape index (κ2) is 8.97. The minimum Gasteiger partial charge on any atom is -0.355 e. The molecule has 1 saturated carbocycles. The van der Waals surface area contributed by atoms with Crippen molar-refractivity contribution in [1.82, 2.24) is 20.4 Å². The average Bonchev–Trinajstić information content (AvgIpc) is 3.41. The Hall–Kier alpha value is -1.92. The monoisotopic (exact) mass is 344 g/mol. The third-order valence-corrected chi connectivity index (χ3v) is 4.72. The van der Waals surface area contributed by atoms with E-state index in [0.29, 0.717) is 25.7 Å². The molecule has 6 nitrogen and oxygen atoms in total. The van der Waals surface area contributed by atoms with Gasteiger partial charge in [-0.2, -0.15) is 0 Å². The van der Waals surface area contributed by atoms with Crippen molar-refractivity contribution in [3.05, 3.63) is 35.9 Å². The molecule has 6 heteroatoms. The highest BCUT2D eigenvalue weighted by Gasteiger charge is 2.25. The highest BCUT2D eigenvalue weighted by Crippen LogP contribution is 2.18. The maximum Gasteiger partial charge on any atom is 0.234 e. The van der Waals surface area contributed by atoms with Gasteiger partial charge in [-0.1, -0.05) is 30.3 Å². The van der Waals surface area contributed by atoms with E-state index < -0.39 is 0 Å². The standard InChI is InChI=1S/C19H28N4O2/c24-18(20-9-8-16-4-2-1-3-5-16)14-22-10-12-23(13-11-22)15-19(25)21-17-6-7-17/h1-5,17H,6-15H2,(H,20,24)(H,21,25). The summed E-state index contributed by atoms with van der Waals surface area (Å²) in [5, 5.41) is 6.01. The second-order valence-corrected chi connectivity index (χ2v) is 6.98. The molecule has 2 aliphatic rings. The lowest BCUT2D eigenvalue weighted by atomic mass is 10.1. The Morgan fingerprint density at radius 3 is 2.12 bits per heavy atom. The van der Waals surface area contributed by atoms with Gasteiger partial charge in [0.1, 0.15) is 0 Å². The Bertz CT molecular complexity index is 566. The van der Waals surface area contributed by atoms with Crippen LogP contribution in [0.3, 0.4) is 0 Å². The van der Waals surface area contributed by atoms with E-state index >= 15 is 0 Å². The third-order valence-electron chi connectivity index (χ3n) is 4.72. The Morgan fingerprint density at radius 1 is 0.920 bits per heavy atom. The number of hydrogen-bond donors (Lipinski definition) is 2. The molecular formula is C19H28N4O2.